The van der Waals surface area contributed by atoms with Crippen molar-refractivity contribution in [2.45, 2.75) is 33.1 Å². The number of hydrogen-bond acceptors (Lipinski definition) is 3. The van der Waals surface area contributed by atoms with Gasteiger partial charge < -0.3 is 13.7 Å². The Morgan fingerprint density at radius 2 is 1.31 bits per heavy atom. The fourth-order valence-electron chi connectivity index (χ4n) is 7.13. The molecule has 0 aliphatic heterocycles. The number of para-hydroxylation sites is 2. The van der Waals surface area contributed by atoms with Crippen LogP contribution in [0.25, 0.3) is 66.2 Å². The van der Waals surface area contributed by atoms with Gasteiger partial charge in [0, 0.05) is 34.3 Å². The molecule has 240 valence electrons. The first-order valence-electron chi connectivity index (χ1n) is 16.3. The third kappa shape index (κ3) is 4.95. The van der Waals surface area contributed by atoms with Gasteiger partial charge in [0.25, 0.3) is 0 Å². The average Bonchev–Trinajstić information content (AvgIpc) is 3.63. The number of rotatable bonds is 4. The molecule has 0 saturated carbocycles. The Labute approximate surface area is 299 Å². The maximum Gasteiger partial charge on any atom is 2.00 e. The Morgan fingerprint density at radius 1 is 0.653 bits per heavy atom. The first-order valence-corrected chi connectivity index (χ1v) is 16.3. The summed E-state index contributed by atoms with van der Waals surface area (Å²) in [5.41, 5.74) is 8.21. The molecule has 0 fully saturated rings. The Balaban J connectivity index is 0.00000348. The van der Waals surface area contributed by atoms with Crippen LogP contribution >= 0.6 is 0 Å². The standard InChI is InChI=1S/C43H32N4O.Pt/c1-27-40(28-13-6-5-7-14-28)47-38-19-11-8-15-32(38)31-22-20-29(25-35(31)41(47)45-27)48-30-21-23-34-33-16-9-10-18-37(33)46(39(34)26-30)42-36(43(2,3)4)17-12-24-44-42;/h5-24H,1-4H3;/q-2;+2. The van der Waals surface area contributed by atoms with Gasteiger partial charge in [0.05, 0.1) is 17.0 Å². The number of benzene rings is 5. The zero-order chi connectivity index (χ0) is 32.6. The molecule has 0 bridgehead atoms. The molecule has 0 atom stereocenters. The van der Waals surface area contributed by atoms with Gasteiger partial charge in [0.1, 0.15) is 5.82 Å². The predicted octanol–water partition coefficient (Wildman–Crippen LogP) is 10.8. The van der Waals surface area contributed by atoms with Crippen LogP contribution in [-0.2, 0) is 26.5 Å². The van der Waals surface area contributed by atoms with Crippen molar-refractivity contribution < 1.29 is 25.8 Å². The first kappa shape index (κ1) is 31.0. The summed E-state index contributed by atoms with van der Waals surface area (Å²) in [6, 6.07) is 47.0. The molecular weight excluding hydrogens is 784 g/mol. The van der Waals surface area contributed by atoms with Gasteiger partial charge in [-0.2, -0.15) is 6.07 Å². The number of ether oxygens (including phenoxy) is 1. The van der Waals surface area contributed by atoms with Gasteiger partial charge in [0.15, 0.2) is 0 Å². The molecule has 0 amide bonds. The molecule has 6 heteroatoms. The summed E-state index contributed by atoms with van der Waals surface area (Å²) in [4.78, 5) is 10.0. The summed E-state index contributed by atoms with van der Waals surface area (Å²) in [6.07, 6.45) is 1.86. The van der Waals surface area contributed by atoms with Crippen LogP contribution in [-0.4, -0.2) is 18.9 Å². The van der Waals surface area contributed by atoms with Crippen molar-refractivity contribution in [2.24, 2.45) is 0 Å². The Bertz CT molecular complexity index is 2700. The second kappa shape index (κ2) is 11.7. The van der Waals surface area contributed by atoms with E-state index in [1.807, 2.05) is 30.5 Å². The molecule has 49 heavy (non-hydrogen) atoms. The molecule has 9 aromatic rings. The van der Waals surface area contributed by atoms with Crippen molar-refractivity contribution in [1.29, 1.82) is 0 Å². The molecule has 5 aromatic carbocycles. The van der Waals surface area contributed by atoms with E-state index < -0.39 is 0 Å². The number of hydrogen-bond donors (Lipinski definition) is 0. The van der Waals surface area contributed by atoms with Crippen molar-refractivity contribution in [3.8, 4) is 28.6 Å². The number of aryl methyl sites for hydroxylation is 1. The Hall–Kier alpha value is -5.25. The summed E-state index contributed by atoms with van der Waals surface area (Å²) >= 11 is 0. The van der Waals surface area contributed by atoms with Crippen LogP contribution < -0.4 is 4.74 Å². The van der Waals surface area contributed by atoms with Crippen LogP contribution in [0.2, 0.25) is 0 Å². The van der Waals surface area contributed by atoms with Gasteiger partial charge in [-0.25, -0.2) is 4.98 Å². The van der Waals surface area contributed by atoms with E-state index in [4.69, 9.17) is 14.7 Å². The van der Waals surface area contributed by atoms with E-state index in [-0.39, 0.29) is 26.5 Å². The third-order valence-electron chi connectivity index (χ3n) is 9.26. The zero-order valence-corrected chi connectivity index (χ0v) is 29.8. The van der Waals surface area contributed by atoms with Gasteiger partial charge in [-0.15, -0.1) is 29.7 Å². The minimum Gasteiger partial charge on any atom is -0.503 e. The number of imidazole rings is 1. The minimum absolute atomic E-state index is 0. The van der Waals surface area contributed by atoms with Crippen molar-refractivity contribution in [3.05, 3.63) is 145 Å². The maximum absolute atomic E-state index is 6.58. The third-order valence-corrected chi connectivity index (χ3v) is 9.26. The molecule has 0 aliphatic carbocycles. The summed E-state index contributed by atoms with van der Waals surface area (Å²) < 4.78 is 11.1. The monoisotopic (exact) mass is 815 g/mol. The fraction of sp³-hybridized carbons (Fsp3) is 0.116. The van der Waals surface area contributed by atoms with Crippen LogP contribution in [0.3, 0.4) is 0 Å². The van der Waals surface area contributed by atoms with Crippen molar-refractivity contribution in [3.63, 3.8) is 0 Å². The Morgan fingerprint density at radius 3 is 2.06 bits per heavy atom. The van der Waals surface area contributed by atoms with E-state index in [1.54, 1.807) is 0 Å². The topological polar surface area (TPSA) is 44.3 Å². The molecule has 4 heterocycles. The zero-order valence-electron chi connectivity index (χ0n) is 27.6. The van der Waals surface area contributed by atoms with Crippen LogP contribution in [0.5, 0.6) is 11.5 Å². The summed E-state index contributed by atoms with van der Waals surface area (Å²) in [5, 5.41) is 5.38. The maximum atomic E-state index is 6.58. The van der Waals surface area contributed by atoms with E-state index in [2.05, 4.69) is 140 Å². The van der Waals surface area contributed by atoms with Gasteiger partial charge in [-0.05, 0) is 46.9 Å². The van der Waals surface area contributed by atoms with E-state index >= 15 is 0 Å². The van der Waals surface area contributed by atoms with Crippen LogP contribution in [0, 0.1) is 19.1 Å². The minimum atomic E-state index is -0.101. The van der Waals surface area contributed by atoms with Gasteiger partial charge in [-0.3, -0.25) is 4.98 Å². The number of aromatic nitrogens is 4. The molecule has 4 aromatic heterocycles. The molecule has 0 N–H and O–H groups in total. The van der Waals surface area contributed by atoms with Crippen molar-refractivity contribution in [1.82, 2.24) is 18.9 Å². The second-order valence-corrected chi connectivity index (χ2v) is 13.4. The Kier molecular flexibility index (Phi) is 7.42. The molecule has 0 radical (unpaired) electrons. The van der Waals surface area contributed by atoms with Gasteiger partial charge in [-0.1, -0.05) is 116 Å². The summed E-state index contributed by atoms with van der Waals surface area (Å²) in [7, 11) is 0. The van der Waals surface area contributed by atoms with E-state index in [0.717, 1.165) is 77.5 Å². The molecule has 5 nitrogen and oxygen atoms in total. The van der Waals surface area contributed by atoms with Gasteiger partial charge >= 0.3 is 21.1 Å². The first-order chi connectivity index (χ1) is 23.4. The molecule has 0 aliphatic rings. The summed E-state index contributed by atoms with van der Waals surface area (Å²) in [5.74, 6) is 2.12. The average molecular weight is 816 g/mol. The molecular formula is C43H32N4OPt. The molecule has 0 spiro atoms. The van der Waals surface area contributed by atoms with E-state index in [9.17, 15) is 0 Å². The number of nitrogens with zero attached hydrogens (tertiary/aromatic N) is 4. The molecule has 9 rings (SSSR count). The summed E-state index contributed by atoms with van der Waals surface area (Å²) in [6.45, 7) is 8.74. The fourth-order valence-corrected chi connectivity index (χ4v) is 7.13. The van der Waals surface area contributed by atoms with Gasteiger partial charge in [0.2, 0.25) is 0 Å². The SMILES string of the molecule is Cc1nc2c3[c-]c(Oc4[c-]c5c(cc4)c4ccccc4n5-c4ncccc4C(C)(C)C)ccc3c3ccccc3n2c1-c1ccccc1.[Pt+2]. The second-order valence-electron chi connectivity index (χ2n) is 13.4. The van der Waals surface area contributed by atoms with Crippen LogP contribution in [0.15, 0.2) is 121 Å². The van der Waals surface area contributed by atoms with Crippen LogP contribution in [0.1, 0.15) is 32.0 Å². The van der Waals surface area contributed by atoms with E-state index in [1.165, 1.54) is 0 Å². The quantitative estimate of drug-likeness (QED) is 0.131. The van der Waals surface area contributed by atoms with Crippen LogP contribution in [0.4, 0.5) is 0 Å². The van der Waals surface area contributed by atoms with Crippen molar-refractivity contribution >= 4 is 49.1 Å². The molecule has 0 unspecified atom stereocenters. The number of fused-ring (bicyclic) bond motifs is 9. The smallest absolute Gasteiger partial charge is 0.503 e. The molecule has 0 saturated heterocycles. The largest absolute Gasteiger partial charge is 2.00 e. The normalized spacial score (nSPS) is 11.9. The van der Waals surface area contributed by atoms with Crippen molar-refractivity contribution in [2.75, 3.05) is 0 Å². The number of pyridine rings is 2. The predicted molar refractivity (Wildman–Crippen MR) is 195 cm³/mol. The van der Waals surface area contributed by atoms with E-state index in [0.29, 0.717) is 11.5 Å².